The fourth-order valence-electron chi connectivity index (χ4n) is 2.68. The smallest absolute Gasteiger partial charge is 0.238 e. The van der Waals surface area contributed by atoms with E-state index < -0.39 is 5.92 Å². The van der Waals surface area contributed by atoms with Crippen molar-refractivity contribution in [1.82, 2.24) is 4.90 Å². The van der Waals surface area contributed by atoms with Gasteiger partial charge in [-0.1, -0.05) is 35.5 Å². The number of nitrogens with two attached hydrogens (primary N) is 1. The molecule has 0 saturated carbocycles. The minimum Gasteiger partial charge on any atom is -0.409 e. The Labute approximate surface area is 124 Å². The highest BCUT2D eigenvalue weighted by molar-refractivity contribution is 6.07. The first-order valence-corrected chi connectivity index (χ1v) is 6.99. The fourth-order valence-corrected chi connectivity index (χ4v) is 2.68. The third kappa shape index (κ3) is 3.52. The number of hydrogen-bond donors (Lipinski definition) is 2. The molecule has 1 amide bonds. The summed E-state index contributed by atoms with van der Waals surface area (Å²) in [5.74, 6) is -1.04. The number of amidine groups is 1. The maximum atomic E-state index is 12.8. The molecule has 114 valence electrons. The van der Waals surface area contributed by atoms with E-state index in [4.69, 9.17) is 15.7 Å². The Morgan fingerprint density at radius 1 is 1.33 bits per heavy atom. The second-order valence-corrected chi connectivity index (χ2v) is 5.37. The third-order valence-corrected chi connectivity index (χ3v) is 3.52. The van der Waals surface area contributed by atoms with E-state index in [2.05, 4.69) is 5.16 Å². The van der Waals surface area contributed by atoms with Gasteiger partial charge >= 0.3 is 0 Å². The Kier molecular flexibility index (Phi) is 4.80. The number of carbonyl (C=O) groups is 1. The predicted octanol–water partition coefficient (Wildman–Crippen LogP) is 1.15. The van der Waals surface area contributed by atoms with E-state index in [1.165, 1.54) is 0 Å². The van der Waals surface area contributed by atoms with Crippen LogP contribution in [-0.4, -0.2) is 47.1 Å². The first-order valence-electron chi connectivity index (χ1n) is 6.99. The Morgan fingerprint density at radius 2 is 1.90 bits per heavy atom. The summed E-state index contributed by atoms with van der Waals surface area (Å²) in [6.45, 7) is 4.87. The Bertz CT molecular complexity index is 508. The Morgan fingerprint density at radius 3 is 2.43 bits per heavy atom. The van der Waals surface area contributed by atoms with E-state index in [0.717, 1.165) is 0 Å². The topological polar surface area (TPSA) is 88.2 Å². The van der Waals surface area contributed by atoms with Gasteiger partial charge in [0.05, 0.1) is 12.2 Å². The maximum absolute atomic E-state index is 12.8. The number of nitrogens with zero attached hydrogens (tertiary/aromatic N) is 2. The summed E-state index contributed by atoms with van der Waals surface area (Å²) in [4.78, 5) is 14.5. The molecule has 0 radical (unpaired) electrons. The molecule has 2 rings (SSSR count). The van der Waals surface area contributed by atoms with Gasteiger partial charge in [-0.05, 0) is 19.4 Å². The van der Waals surface area contributed by atoms with Crippen molar-refractivity contribution >= 4 is 11.7 Å². The summed E-state index contributed by atoms with van der Waals surface area (Å²) in [6, 6.07) is 9.10. The molecule has 3 atom stereocenters. The first kappa shape index (κ1) is 15.3. The van der Waals surface area contributed by atoms with Gasteiger partial charge in [-0.3, -0.25) is 4.79 Å². The summed E-state index contributed by atoms with van der Waals surface area (Å²) in [7, 11) is 0. The molecule has 1 aromatic carbocycles. The average molecular weight is 291 g/mol. The molecule has 1 aliphatic rings. The van der Waals surface area contributed by atoms with Gasteiger partial charge in [-0.25, -0.2) is 0 Å². The molecule has 1 saturated heterocycles. The van der Waals surface area contributed by atoms with Crippen LogP contribution in [-0.2, 0) is 9.53 Å². The summed E-state index contributed by atoms with van der Waals surface area (Å²) < 4.78 is 5.63. The molecular formula is C15H21N3O3. The SMILES string of the molecule is CC1CN(C(=O)C(C(N)=NO)c2ccccc2)CC(C)O1. The molecule has 1 aromatic rings. The highest BCUT2D eigenvalue weighted by Gasteiger charge is 2.33. The molecule has 6 heteroatoms. The largest absolute Gasteiger partial charge is 0.409 e. The zero-order valence-electron chi connectivity index (χ0n) is 12.3. The second-order valence-electron chi connectivity index (χ2n) is 5.37. The van der Waals surface area contributed by atoms with Crippen LogP contribution in [0.15, 0.2) is 35.5 Å². The van der Waals surface area contributed by atoms with Gasteiger partial charge < -0.3 is 20.6 Å². The number of ether oxygens (including phenoxy) is 1. The third-order valence-electron chi connectivity index (χ3n) is 3.52. The van der Waals surface area contributed by atoms with Crippen LogP contribution >= 0.6 is 0 Å². The molecule has 0 aliphatic carbocycles. The predicted molar refractivity (Wildman–Crippen MR) is 79.2 cm³/mol. The minimum absolute atomic E-state index is 0.0265. The van der Waals surface area contributed by atoms with Crippen LogP contribution in [0.4, 0.5) is 0 Å². The second kappa shape index (κ2) is 6.58. The van der Waals surface area contributed by atoms with Crippen LogP contribution in [0.25, 0.3) is 0 Å². The fraction of sp³-hybridized carbons (Fsp3) is 0.467. The van der Waals surface area contributed by atoms with E-state index in [-0.39, 0.29) is 24.0 Å². The summed E-state index contributed by atoms with van der Waals surface area (Å²) >= 11 is 0. The van der Waals surface area contributed by atoms with Crippen molar-refractivity contribution in [3.8, 4) is 0 Å². The lowest BCUT2D eigenvalue weighted by atomic mass is 9.96. The Balaban J connectivity index is 2.27. The van der Waals surface area contributed by atoms with E-state index in [1.807, 2.05) is 32.0 Å². The van der Waals surface area contributed by atoms with Gasteiger partial charge in [0, 0.05) is 13.1 Å². The molecule has 1 heterocycles. The van der Waals surface area contributed by atoms with E-state index in [0.29, 0.717) is 18.7 Å². The molecule has 0 bridgehead atoms. The van der Waals surface area contributed by atoms with Gasteiger partial charge in [0.2, 0.25) is 5.91 Å². The van der Waals surface area contributed by atoms with Crippen molar-refractivity contribution in [3.63, 3.8) is 0 Å². The van der Waals surface area contributed by atoms with Crippen molar-refractivity contribution in [2.45, 2.75) is 32.0 Å². The number of benzene rings is 1. The highest BCUT2D eigenvalue weighted by Crippen LogP contribution is 2.21. The average Bonchev–Trinajstić information content (AvgIpc) is 2.47. The molecule has 1 fully saturated rings. The van der Waals surface area contributed by atoms with Crippen LogP contribution in [0.3, 0.4) is 0 Å². The number of morpholine rings is 1. The molecule has 0 aromatic heterocycles. The molecule has 0 spiro atoms. The van der Waals surface area contributed by atoms with Crippen molar-refractivity contribution in [3.05, 3.63) is 35.9 Å². The number of hydrogen-bond acceptors (Lipinski definition) is 4. The molecule has 3 unspecified atom stereocenters. The summed E-state index contributed by atoms with van der Waals surface area (Å²) in [5.41, 5.74) is 6.46. The van der Waals surface area contributed by atoms with Crippen molar-refractivity contribution in [1.29, 1.82) is 0 Å². The van der Waals surface area contributed by atoms with Crippen LogP contribution in [0.2, 0.25) is 0 Å². The Hall–Kier alpha value is -2.08. The standard InChI is InChI=1S/C15H21N3O3/c1-10-8-18(9-11(2)21-10)15(19)13(14(16)17-20)12-6-4-3-5-7-12/h3-7,10-11,13,20H,8-9H2,1-2H3,(H2,16,17). The van der Waals surface area contributed by atoms with E-state index in [1.54, 1.807) is 17.0 Å². The first-order chi connectivity index (χ1) is 10.0. The van der Waals surface area contributed by atoms with Gasteiger partial charge in [0.15, 0.2) is 5.84 Å². The number of oxime groups is 1. The molecule has 6 nitrogen and oxygen atoms in total. The van der Waals surface area contributed by atoms with E-state index >= 15 is 0 Å². The summed E-state index contributed by atoms with van der Waals surface area (Å²) in [6.07, 6.45) is -0.0529. The normalized spacial score (nSPS) is 24.7. The van der Waals surface area contributed by atoms with Crippen LogP contribution in [0, 0.1) is 0 Å². The quantitative estimate of drug-likeness (QED) is 0.378. The van der Waals surface area contributed by atoms with Crippen LogP contribution in [0.5, 0.6) is 0 Å². The lowest BCUT2D eigenvalue weighted by molar-refractivity contribution is -0.143. The zero-order chi connectivity index (χ0) is 15.4. The van der Waals surface area contributed by atoms with Gasteiger partial charge in [-0.15, -0.1) is 0 Å². The molecular weight excluding hydrogens is 270 g/mol. The maximum Gasteiger partial charge on any atom is 0.238 e. The summed E-state index contributed by atoms with van der Waals surface area (Å²) in [5, 5.41) is 12.0. The van der Waals surface area contributed by atoms with Crippen molar-refractivity contribution in [2.75, 3.05) is 13.1 Å². The molecule has 21 heavy (non-hydrogen) atoms. The van der Waals surface area contributed by atoms with Gasteiger partial charge in [0.25, 0.3) is 0 Å². The van der Waals surface area contributed by atoms with Crippen LogP contribution in [0.1, 0.15) is 25.3 Å². The van der Waals surface area contributed by atoms with Crippen molar-refractivity contribution in [2.24, 2.45) is 10.9 Å². The number of rotatable bonds is 3. The monoisotopic (exact) mass is 291 g/mol. The van der Waals surface area contributed by atoms with Crippen LogP contribution < -0.4 is 5.73 Å². The molecule has 3 N–H and O–H groups in total. The zero-order valence-corrected chi connectivity index (χ0v) is 12.3. The number of carbonyl (C=O) groups excluding carboxylic acids is 1. The van der Waals surface area contributed by atoms with E-state index in [9.17, 15) is 4.79 Å². The number of amides is 1. The molecule has 1 aliphatic heterocycles. The highest BCUT2D eigenvalue weighted by atomic mass is 16.5. The lowest BCUT2D eigenvalue weighted by Gasteiger charge is -2.37. The van der Waals surface area contributed by atoms with Gasteiger partial charge in [-0.2, -0.15) is 0 Å². The van der Waals surface area contributed by atoms with Gasteiger partial charge in [0.1, 0.15) is 5.92 Å². The minimum atomic E-state index is -0.770. The lowest BCUT2D eigenvalue weighted by Crippen LogP contribution is -2.51. The van der Waals surface area contributed by atoms with Crippen molar-refractivity contribution < 1.29 is 14.7 Å².